The smallest absolute Gasteiger partial charge is 0.273 e. The summed E-state index contributed by atoms with van der Waals surface area (Å²) < 4.78 is 5.02. The molecule has 79 valence electrons. The van der Waals surface area contributed by atoms with E-state index in [1.807, 2.05) is 0 Å². The van der Waals surface area contributed by atoms with Crippen molar-refractivity contribution >= 4 is 17.2 Å². The lowest BCUT2D eigenvalue weighted by Gasteiger charge is -2.08. The second-order valence-electron chi connectivity index (χ2n) is 4.03. The molecule has 2 nitrogen and oxygen atoms in total. The van der Waals surface area contributed by atoms with Gasteiger partial charge in [-0.2, -0.15) is 0 Å². The van der Waals surface area contributed by atoms with Crippen molar-refractivity contribution in [1.82, 2.24) is 0 Å². The Balaban J connectivity index is 1.99. The molecule has 1 atom stereocenters. The highest BCUT2D eigenvalue weighted by Crippen LogP contribution is 2.21. The normalized spacial score (nSPS) is 18.9. The summed E-state index contributed by atoms with van der Waals surface area (Å²) in [5, 5.41) is 2.60. The summed E-state index contributed by atoms with van der Waals surface area (Å²) in [6.07, 6.45) is 3.49. The van der Waals surface area contributed by atoms with E-state index in [9.17, 15) is 0 Å². The molecule has 1 heterocycles. The van der Waals surface area contributed by atoms with E-state index in [1.54, 1.807) is 0 Å². The second kappa shape index (κ2) is 3.97. The van der Waals surface area contributed by atoms with E-state index in [0.717, 1.165) is 6.42 Å². The molecule has 1 aliphatic rings. The molecule has 0 aliphatic carbocycles. The van der Waals surface area contributed by atoms with E-state index in [1.165, 1.54) is 16.3 Å². The first kappa shape index (κ1) is 9.40. The summed E-state index contributed by atoms with van der Waals surface area (Å²) in [6, 6.07) is 15.1. The van der Waals surface area contributed by atoms with Crippen LogP contribution in [0, 0.1) is 0 Å². The summed E-state index contributed by atoms with van der Waals surface area (Å²) in [6.45, 7) is 0.656. The number of aliphatic imine (C=N–C) groups is 1. The predicted molar refractivity (Wildman–Crippen MR) is 64.8 cm³/mol. The summed E-state index contributed by atoms with van der Waals surface area (Å²) in [5.41, 5.74) is 1.33. The van der Waals surface area contributed by atoms with Gasteiger partial charge in [0.05, 0.1) is 6.04 Å². The number of ether oxygens (including phenoxy) is 1. The third kappa shape index (κ3) is 1.67. The van der Waals surface area contributed by atoms with Gasteiger partial charge >= 0.3 is 0 Å². The molecule has 1 radical (unpaired) electrons. The molecule has 0 amide bonds. The number of fused-ring (bicyclic) bond motifs is 1. The van der Waals surface area contributed by atoms with Crippen LogP contribution in [-0.2, 0) is 11.2 Å². The van der Waals surface area contributed by atoms with Crippen molar-refractivity contribution in [3.63, 3.8) is 0 Å². The molecule has 0 spiro atoms. The summed E-state index contributed by atoms with van der Waals surface area (Å²) >= 11 is 0. The fourth-order valence-corrected chi connectivity index (χ4v) is 2.11. The minimum atomic E-state index is 0.228. The number of hydrogen-bond acceptors (Lipinski definition) is 2. The van der Waals surface area contributed by atoms with Gasteiger partial charge < -0.3 is 4.74 Å². The van der Waals surface area contributed by atoms with Gasteiger partial charge in [0.15, 0.2) is 0 Å². The van der Waals surface area contributed by atoms with Crippen molar-refractivity contribution in [2.75, 3.05) is 6.61 Å². The summed E-state index contributed by atoms with van der Waals surface area (Å²) in [4.78, 5) is 4.17. The van der Waals surface area contributed by atoms with Crippen LogP contribution in [0.2, 0.25) is 0 Å². The van der Waals surface area contributed by atoms with Crippen molar-refractivity contribution in [2.45, 2.75) is 12.5 Å². The Hall–Kier alpha value is -1.83. The quantitative estimate of drug-likeness (QED) is 0.746. The van der Waals surface area contributed by atoms with Crippen LogP contribution in [0.25, 0.3) is 10.8 Å². The van der Waals surface area contributed by atoms with Gasteiger partial charge in [-0.25, -0.2) is 4.99 Å². The Kier molecular flexibility index (Phi) is 2.33. The van der Waals surface area contributed by atoms with E-state index in [0.29, 0.717) is 6.61 Å². The van der Waals surface area contributed by atoms with Gasteiger partial charge in [0.25, 0.3) is 6.40 Å². The van der Waals surface area contributed by atoms with Crippen LogP contribution in [0.1, 0.15) is 5.56 Å². The highest BCUT2D eigenvalue weighted by Gasteiger charge is 2.14. The van der Waals surface area contributed by atoms with E-state index in [-0.39, 0.29) is 6.04 Å². The van der Waals surface area contributed by atoms with Crippen molar-refractivity contribution in [3.05, 3.63) is 48.0 Å². The zero-order valence-electron chi connectivity index (χ0n) is 8.89. The molecule has 0 fully saturated rings. The van der Waals surface area contributed by atoms with E-state index in [2.05, 4.69) is 53.9 Å². The zero-order chi connectivity index (χ0) is 10.8. The Morgan fingerprint density at radius 2 is 2.06 bits per heavy atom. The SMILES string of the molecule is [C]1=NC(Cc2cccc3ccccc23)CO1. The van der Waals surface area contributed by atoms with E-state index in [4.69, 9.17) is 4.74 Å². The van der Waals surface area contributed by atoms with Gasteiger partial charge in [-0.15, -0.1) is 0 Å². The monoisotopic (exact) mass is 210 g/mol. The summed E-state index contributed by atoms with van der Waals surface area (Å²) in [5.74, 6) is 0. The van der Waals surface area contributed by atoms with Crippen LogP contribution in [-0.4, -0.2) is 19.0 Å². The lowest BCUT2D eigenvalue weighted by Crippen LogP contribution is -2.10. The third-order valence-corrected chi connectivity index (χ3v) is 2.91. The molecular weight excluding hydrogens is 198 g/mol. The van der Waals surface area contributed by atoms with Gasteiger partial charge in [-0.1, -0.05) is 42.5 Å². The fourth-order valence-electron chi connectivity index (χ4n) is 2.11. The highest BCUT2D eigenvalue weighted by molar-refractivity contribution is 5.85. The molecule has 2 aromatic carbocycles. The average molecular weight is 210 g/mol. The number of benzene rings is 2. The molecule has 0 saturated heterocycles. The van der Waals surface area contributed by atoms with Crippen molar-refractivity contribution in [2.24, 2.45) is 4.99 Å². The van der Waals surface area contributed by atoms with Gasteiger partial charge in [0, 0.05) is 0 Å². The molecule has 3 rings (SSSR count). The van der Waals surface area contributed by atoms with Crippen LogP contribution >= 0.6 is 0 Å². The number of hydrogen-bond donors (Lipinski definition) is 0. The molecule has 0 bridgehead atoms. The molecular formula is C14H12NO. The first-order chi connectivity index (χ1) is 7.93. The van der Waals surface area contributed by atoms with E-state index >= 15 is 0 Å². The Labute approximate surface area is 94.6 Å². The predicted octanol–water partition coefficient (Wildman–Crippen LogP) is 2.69. The highest BCUT2D eigenvalue weighted by atomic mass is 16.5. The maximum absolute atomic E-state index is 5.02. The van der Waals surface area contributed by atoms with E-state index < -0.39 is 0 Å². The third-order valence-electron chi connectivity index (χ3n) is 2.91. The molecule has 0 saturated carbocycles. The molecule has 16 heavy (non-hydrogen) atoms. The maximum Gasteiger partial charge on any atom is 0.273 e. The van der Waals surface area contributed by atoms with Crippen LogP contribution in [0.4, 0.5) is 0 Å². The number of rotatable bonds is 2. The van der Waals surface area contributed by atoms with Gasteiger partial charge in [0.1, 0.15) is 6.61 Å². The van der Waals surface area contributed by atoms with Gasteiger partial charge in [0.2, 0.25) is 0 Å². The fraction of sp³-hybridized carbons (Fsp3) is 0.214. The lowest BCUT2D eigenvalue weighted by atomic mass is 9.99. The molecule has 1 unspecified atom stereocenters. The van der Waals surface area contributed by atoms with Gasteiger partial charge in [-0.3, -0.25) is 0 Å². The summed E-state index contributed by atoms with van der Waals surface area (Å²) in [7, 11) is 0. The Morgan fingerprint density at radius 3 is 2.94 bits per heavy atom. The molecule has 0 aromatic heterocycles. The average Bonchev–Trinajstić information content (AvgIpc) is 2.82. The van der Waals surface area contributed by atoms with Crippen LogP contribution in [0.5, 0.6) is 0 Å². The van der Waals surface area contributed by atoms with Crippen LogP contribution in [0.15, 0.2) is 47.5 Å². The minimum absolute atomic E-state index is 0.228. The Bertz CT molecular complexity index is 528. The molecule has 2 heteroatoms. The minimum Gasteiger partial charge on any atom is -0.472 e. The van der Waals surface area contributed by atoms with Crippen LogP contribution in [0.3, 0.4) is 0 Å². The lowest BCUT2D eigenvalue weighted by molar-refractivity contribution is 0.327. The van der Waals surface area contributed by atoms with Crippen molar-refractivity contribution in [3.8, 4) is 0 Å². The Morgan fingerprint density at radius 1 is 1.19 bits per heavy atom. The first-order valence-corrected chi connectivity index (χ1v) is 5.47. The number of nitrogens with zero attached hydrogens (tertiary/aromatic N) is 1. The van der Waals surface area contributed by atoms with Gasteiger partial charge in [-0.05, 0) is 22.8 Å². The first-order valence-electron chi connectivity index (χ1n) is 5.47. The topological polar surface area (TPSA) is 21.6 Å². The zero-order valence-corrected chi connectivity index (χ0v) is 8.89. The van der Waals surface area contributed by atoms with Crippen molar-refractivity contribution in [1.29, 1.82) is 0 Å². The largest absolute Gasteiger partial charge is 0.472 e. The second-order valence-corrected chi connectivity index (χ2v) is 4.03. The standard InChI is InChI=1S/C14H12NO/c1-2-7-14-11(4-1)5-3-6-12(14)8-13-9-16-10-15-13/h1-7,13H,8-9H2. The molecule has 0 N–H and O–H groups in total. The molecule has 2 aromatic rings. The molecule has 1 aliphatic heterocycles. The van der Waals surface area contributed by atoms with Crippen LogP contribution < -0.4 is 0 Å². The van der Waals surface area contributed by atoms with Crippen molar-refractivity contribution < 1.29 is 4.74 Å². The maximum atomic E-state index is 5.02.